The average molecular weight is 312 g/mol. The fourth-order valence-electron chi connectivity index (χ4n) is 2.26. The largest absolute Gasteiger partial charge is 0.290 e. The molecule has 0 aromatic heterocycles. The SMILES string of the molecule is CC1=CC(=NC2=C(Cl)C(=O)c3ccccc3C2=O)C=CC1=O. The van der Waals surface area contributed by atoms with Crippen molar-refractivity contribution in [1.82, 2.24) is 0 Å². The van der Waals surface area contributed by atoms with Crippen molar-refractivity contribution in [3.05, 3.63) is 69.9 Å². The Labute approximate surface area is 131 Å². The van der Waals surface area contributed by atoms with Gasteiger partial charge in [-0.05, 0) is 30.7 Å². The van der Waals surface area contributed by atoms with Crippen LogP contribution in [-0.4, -0.2) is 23.1 Å². The molecule has 0 N–H and O–H groups in total. The number of halogens is 1. The van der Waals surface area contributed by atoms with Crippen LogP contribution in [0.25, 0.3) is 0 Å². The molecule has 108 valence electrons. The molecule has 0 aliphatic heterocycles. The van der Waals surface area contributed by atoms with Gasteiger partial charge >= 0.3 is 0 Å². The predicted molar refractivity (Wildman–Crippen MR) is 83.3 cm³/mol. The lowest BCUT2D eigenvalue weighted by Gasteiger charge is -2.15. The molecule has 0 atom stereocenters. The first-order chi connectivity index (χ1) is 10.5. The van der Waals surface area contributed by atoms with Gasteiger partial charge in [-0.3, -0.25) is 14.4 Å². The van der Waals surface area contributed by atoms with E-state index in [1.54, 1.807) is 37.3 Å². The molecule has 5 heteroatoms. The molecule has 0 fully saturated rings. The standard InChI is InChI=1S/C17H10ClNO3/c1-9-8-10(6-7-13(9)20)19-15-14(18)16(21)11-4-2-3-5-12(11)17(15)22/h2-8H,1H3. The van der Waals surface area contributed by atoms with Crippen molar-refractivity contribution >= 4 is 34.7 Å². The van der Waals surface area contributed by atoms with Crippen molar-refractivity contribution in [3.63, 3.8) is 0 Å². The summed E-state index contributed by atoms with van der Waals surface area (Å²) in [5.41, 5.74) is 1.39. The van der Waals surface area contributed by atoms with Crippen LogP contribution in [-0.2, 0) is 4.79 Å². The van der Waals surface area contributed by atoms with E-state index < -0.39 is 11.6 Å². The highest BCUT2D eigenvalue weighted by Gasteiger charge is 2.31. The minimum Gasteiger partial charge on any atom is -0.290 e. The van der Waals surface area contributed by atoms with E-state index in [4.69, 9.17) is 11.6 Å². The van der Waals surface area contributed by atoms with Gasteiger partial charge in [0.05, 0.1) is 5.71 Å². The predicted octanol–water partition coefficient (Wildman–Crippen LogP) is 3.04. The zero-order valence-corrected chi connectivity index (χ0v) is 12.3. The number of carbonyl (C=O) groups excluding carboxylic acids is 3. The van der Waals surface area contributed by atoms with Gasteiger partial charge in [-0.1, -0.05) is 35.9 Å². The molecule has 0 saturated carbocycles. The van der Waals surface area contributed by atoms with Crippen LogP contribution >= 0.6 is 11.6 Å². The molecular weight excluding hydrogens is 302 g/mol. The maximum atomic E-state index is 12.5. The third-order valence-corrected chi connectivity index (χ3v) is 3.79. The van der Waals surface area contributed by atoms with Crippen molar-refractivity contribution in [3.8, 4) is 0 Å². The number of allylic oxidation sites excluding steroid dienone is 6. The van der Waals surface area contributed by atoms with E-state index in [0.29, 0.717) is 11.3 Å². The Balaban J connectivity index is 2.11. The zero-order valence-electron chi connectivity index (χ0n) is 11.6. The van der Waals surface area contributed by atoms with E-state index in [-0.39, 0.29) is 27.6 Å². The monoisotopic (exact) mass is 311 g/mol. The Bertz CT molecular complexity index is 856. The second kappa shape index (κ2) is 5.31. The van der Waals surface area contributed by atoms with Gasteiger partial charge < -0.3 is 0 Å². The van der Waals surface area contributed by atoms with Crippen molar-refractivity contribution in [1.29, 1.82) is 0 Å². The average Bonchev–Trinajstić information content (AvgIpc) is 2.53. The number of fused-ring (bicyclic) bond motifs is 1. The van der Waals surface area contributed by atoms with E-state index in [2.05, 4.69) is 4.99 Å². The summed E-state index contributed by atoms with van der Waals surface area (Å²) in [6.07, 6.45) is 4.41. The molecule has 22 heavy (non-hydrogen) atoms. The van der Waals surface area contributed by atoms with Gasteiger partial charge in [-0.15, -0.1) is 0 Å². The molecule has 3 rings (SSSR count). The third-order valence-electron chi connectivity index (χ3n) is 3.44. The molecule has 0 unspecified atom stereocenters. The minimum atomic E-state index is -0.423. The smallest absolute Gasteiger partial charge is 0.213 e. The van der Waals surface area contributed by atoms with E-state index >= 15 is 0 Å². The summed E-state index contributed by atoms with van der Waals surface area (Å²) in [6, 6.07) is 6.48. The highest BCUT2D eigenvalue weighted by molar-refractivity contribution is 6.50. The van der Waals surface area contributed by atoms with Crippen LogP contribution in [0.4, 0.5) is 0 Å². The summed E-state index contributed by atoms with van der Waals surface area (Å²) in [5, 5.41) is -0.201. The topological polar surface area (TPSA) is 63.6 Å². The summed E-state index contributed by atoms with van der Waals surface area (Å²) >= 11 is 6.03. The second-order valence-electron chi connectivity index (χ2n) is 4.93. The molecule has 1 aromatic carbocycles. The first-order valence-electron chi connectivity index (χ1n) is 6.56. The molecule has 2 aliphatic rings. The number of Topliss-reactive ketones (excluding diaryl/α,β-unsaturated/α-hetero) is 2. The van der Waals surface area contributed by atoms with Gasteiger partial charge in [-0.2, -0.15) is 0 Å². The van der Waals surface area contributed by atoms with Gasteiger partial charge in [0, 0.05) is 11.1 Å². The van der Waals surface area contributed by atoms with Gasteiger partial charge in [0.25, 0.3) is 0 Å². The summed E-state index contributed by atoms with van der Waals surface area (Å²) in [5.74, 6) is -0.938. The summed E-state index contributed by atoms with van der Waals surface area (Å²) in [4.78, 5) is 40.3. The number of hydrogen-bond acceptors (Lipinski definition) is 4. The fraction of sp³-hybridized carbons (Fsp3) is 0.0588. The number of nitrogens with zero attached hydrogens (tertiary/aromatic N) is 1. The van der Waals surface area contributed by atoms with Gasteiger partial charge in [0.1, 0.15) is 10.7 Å². The molecule has 0 saturated heterocycles. The van der Waals surface area contributed by atoms with Crippen LogP contribution in [0, 0.1) is 0 Å². The quantitative estimate of drug-likeness (QED) is 0.749. The number of benzene rings is 1. The highest BCUT2D eigenvalue weighted by atomic mass is 35.5. The molecule has 0 heterocycles. The molecule has 2 aliphatic carbocycles. The number of hydrogen-bond donors (Lipinski definition) is 0. The zero-order chi connectivity index (χ0) is 15.9. The second-order valence-corrected chi connectivity index (χ2v) is 5.31. The molecule has 0 amide bonds. The lowest BCUT2D eigenvalue weighted by molar-refractivity contribution is -0.111. The number of rotatable bonds is 1. The van der Waals surface area contributed by atoms with Gasteiger partial charge in [0.15, 0.2) is 5.78 Å². The number of ketones is 3. The van der Waals surface area contributed by atoms with Gasteiger partial charge in [0.2, 0.25) is 11.6 Å². The Morgan fingerprint density at radius 3 is 2.23 bits per heavy atom. The lowest BCUT2D eigenvalue weighted by atomic mass is 9.92. The summed E-state index contributed by atoms with van der Waals surface area (Å²) in [7, 11) is 0. The normalized spacial score (nSPS) is 19.6. The Morgan fingerprint density at radius 1 is 0.955 bits per heavy atom. The Morgan fingerprint density at radius 2 is 1.59 bits per heavy atom. The number of aliphatic imine (C=N–C) groups is 1. The van der Waals surface area contributed by atoms with Crippen LogP contribution in [0.1, 0.15) is 27.6 Å². The Hall–Kier alpha value is -2.59. The van der Waals surface area contributed by atoms with E-state index in [1.165, 1.54) is 12.2 Å². The molecule has 1 aromatic rings. The first-order valence-corrected chi connectivity index (χ1v) is 6.94. The molecule has 0 spiro atoms. The Kier molecular flexibility index (Phi) is 3.47. The number of carbonyl (C=O) groups is 3. The van der Waals surface area contributed by atoms with E-state index in [0.717, 1.165) is 0 Å². The highest BCUT2D eigenvalue weighted by Crippen LogP contribution is 2.29. The third kappa shape index (κ3) is 2.27. The van der Waals surface area contributed by atoms with Crippen LogP contribution in [0.2, 0.25) is 0 Å². The van der Waals surface area contributed by atoms with Crippen LogP contribution in [0.5, 0.6) is 0 Å². The first kappa shape index (κ1) is 14.4. The van der Waals surface area contributed by atoms with Crippen molar-refractivity contribution in [2.24, 2.45) is 4.99 Å². The van der Waals surface area contributed by atoms with Crippen LogP contribution in [0.15, 0.2) is 63.8 Å². The van der Waals surface area contributed by atoms with E-state index in [1.807, 2.05) is 0 Å². The van der Waals surface area contributed by atoms with Crippen molar-refractivity contribution in [2.75, 3.05) is 0 Å². The lowest BCUT2D eigenvalue weighted by Crippen LogP contribution is -2.20. The molecular formula is C17H10ClNO3. The van der Waals surface area contributed by atoms with Crippen LogP contribution < -0.4 is 0 Å². The summed E-state index contributed by atoms with van der Waals surface area (Å²) in [6.45, 7) is 1.65. The molecule has 0 radical (unpaired) electrons. The molecule has 0 bridgehead atoms. The maximum absolute atomic E-state index is 12.5. The summed E-state index contributed by atoms with van der Waals surface area (Å²) < 4.78 is 0. The minimum absolute atomic E-state index is 0.0941. The maximum Gasteiger partial charge on any atom is 0.213 e. The fourth-order valence-corrected chi connectivity index (χ4v) is 2.49. The van der Waals surface area contributed by atoms with Crippen LogP contribution in [0.3, 0.4) is 0 Å². The van der Waals surface area contributed by atoms with Gasteiger partial charge in [-0.25, -0.2) is 4.99 Å². The molecule has 4 nitrogen and oxygen atoms in total. The van der Waals surface area contributed by atoms with Crippen molar-refractivity contribution < 1.29 is 14.4 Å². The van der Waals surface area contributed by atoms with Crippen molar-refractivity contribution in [2.45, 2.75) is 6.92 Å². The van der Waals surface area contributed by atoms with E-state index in [9.17, 15) is 14.4 Å².